The number of pyridine rings is 1. The van der Waals surface area contributed by atoms with Crippen molar-refractivity contribution in [3.05, 3.63) is 32.7 Å². The molecule has 29 heavy (non-hydrogen) atoms. The Bertz CT molecular complexity index is 1060. The van der Waals surface area contributed by atoms with Crippen LogP contribution >= 0.6 is 12.4 Å². The lowest BCUT2D eigenvalue weighted by molar-refractivity contribution is -0.178. The zero-order valence-corrected chi connectivity index (χ0v) is 15.8. The van der Waals surface area contributed by atoms with Crippen molar-refractivity contribution in [1.29, 1.82) is 0 Å². The summed E-state index contributed by atoms with van der Waals surface area (Å²) in [5, 5.41) is -0.197. The first kappa shape index (κ1) is 21.4. The van der Waals surface area contributed by atoms with Gasteiger partial charge in [0.2, 0.25) is 0 Å². The highest BCUT2D eigenvalue weighted by molar-refractivity contribution is 5.85. The smallest absolute Gasteiger partial charge is 0.353 e. The number of halogens is 5. The predicted octanol–water partition coefficient (Wildman–Crippen LogP) is 0.741. The molecule has 2 unspecified atom stereocenters. The van der Waals surface area contributed by atoms with Gasteiger partial charge in [-0.25, -0.2) is 14.2 Å². The zero-order chi connectivity index (χ0) is 20.4. The summed E-state index contributed by atoms with van der Waals surface area (Å²) in [6, 6.07) is 0.648. The summed E-state index contributed by atoms with van der Waals surface area (Å²) in [5.41, 5.74) is 3.70. The molecule has 1 saturated carbocycles. The van der Waals surface area contributed by atoms with Gasteiger partial charge in [-0.1, -0.05) is 0 Å². The SMILES string of the molecule is Cl.NCC1CN(c2nc3c(cc2F)c(=O)n(N)c(=O)n3C2CC2)CC1C(F)(F)F. The molecule has 1 saturated heterocycles. The first-order valence-corrected chi connectivity index (χ1v) is 8.78. The van der Waals surface area contributed by atoms with Gasteiger partial charge in [0.1, 0.15) is 0 Å². The molecule has 0 bridgehead atoms. The lowest BCUT2D eigenvalue weighted by Gasteiger charge is -2.20. The summed E-state index contributed by atoms with van der Waals surface area (Å²) in [7, 11) is 0. The maximum atomic E-state index is 14.7. The molecular weight excluding hydrogens is 420 g/mol. The molecule has 13 heteroatoms. The van der Waals surface area contributed by atoms with Gasteiger partial charge in [-0.3, -0.25) is 9.36 Å². The molecule has 0 radical (unpaired) electrons. The fraction of sp³-hybridized carbons (Fsp3) is 0.562. The van der Waals surface area contributed by atoms with Crippen molar-refractivity contribution in [1.82, 2.24) is 14.2 Å². The Labute approximate surface area is 167 Å². The quantitative estimate of drug-likeness (QED) is 0.540. The van der Waals surface area contributed by atoms with Crippen molar-refractivity contribution in [3.8, 4) is 0 Å². The van der Waals surface area contributed by atoms with Crippen LogP contribution in [0.3, 0.4) is 0 Å². The summed E-state index contributed by atoms with van der Waals surface area (Å²) >= 11 is 0. The molecular formula is C16H19ClF4N6O2. The lowest BCUT2D eigenvalue weighted by atomic mass is 9.96. The number of rotatable bonds is 3. The van der Waals surface area contributed by atoms with Gasteiger partial charge in [0.05, 0.1) is 11.3 Å². The molecule has 1 aliphatic heterocycles. The molecule has 4 rings (SSSR count). The average Bonchev–Trinajstić information content (AvgIpc) is 3.36. The maximum Gasteiger partial charge on any atom is 0.393 e. The zero-order valence-electron chi connectivity index (χ0n) is 15.0. The molecule has 3 heterocycles. The number of nitrogens with zero attached hydrogens (tertiary/aromatic N) is 4. The van der Waals surface area contributed by atoms with Crippen LogP contribution in [-0.4, -0.2) is 40.0 Å². The number of fused-ring (bicyclic) bond motifs is 1. The van der Waals surface area contributed by atoms with Gasteiger partial charge < -0.3 is 16.5 Å². The number of aromatic nitrogens is 3. The summed E-state index contributed by atoms with van der Waals surface area (Å²) in [5.74, 6) is 1.60. The molecule has 0 aromatic carbocycles. The van der Waals surface area contributed by atoms with Gasteiger partial charge >= 0.3 is 11.9 Å². The second-order valence-electron chi connectivity index (χ2n) is 7.27. The van der Waals surface area contributed by atoms with Crippen molar-refractivity contribution >= 4 is 29.3 Å². The van der Waals surface area contributed by atoms with Gasteiger partial charge in [-0.05, 0) is 25.5 Å². The molecule has 1 aliphatic carbocycles. The van der Waals surface area contributed by atoms with Gasteiger partial charge in [-0.15, -0.1) is 12.4 Å². The monoisotopic (exact) mass is 438 g/mol. The van der Waals surface area contributed by atoms with E-state index >= 15 is 0 Å². The van der Waals surface area contributed by atoms with Crippen LogP contribution in [0.4, 0.5) is 23.4 Å². The third-order valence-corrected chi connectivity index (χ3v) is 5.40. The topological polar surface area (TPSA) is 112 Å². The molecule has 0 spiro atoms. The molecule has 2 aliphatic rings. The van der Waals surface area contributed by atoms with E-state index in [2.05, 4.69) is 4.98 Å². The predicted molar refractivity (Wildman–Crippen MR) is 100 cm³/mol. The Morgan fingerprint density at radius 3 is 2.38 bits per heavy atom. The van der Waals surface area contributed by atoms with Crippen molar-refractivity contribution in [3.63, 3.8) is 0 Å². The van der Waals surface area contributed by atoms with E-state index in [0.717, 1.165) is 6.07 Å². The Kier molecular flexibility index (Phi) is 5.28. The fourth-order valence-corrected chi connectivity index (χ4v) is 3.77. The van der Waals surface area contributed by atoms with Crippen molar-refractivity contribution < 1.29 is 17.6 Å². The molecule has 4 N–H and O–H groups in total. The van der Waals surface area contributed by atoms with Crippen LogP contribution in [0, 0.1) is 17.7 Å². The first-order valence-electron chi connectivity index (χ1n) is 8.78. The third-order valence-electron chi connectivity index (χ3n) is 5.40. The highest BCUT2D eigenvalue weighted by Crippen LogP contribution is 2.40. The maximum absolute atomic E-state index is 14.7. The van der Waals surface area contributed by atoms with E-state index < -0.39 is 41.6 Å². The molecule has 8 nitrogen and oxygen atoms in total. The normalized spacial score (nSPS) is 22.2. The van der Waals surface area contributed by atoms with Crippen molar-refractivity contribution in [2.45, 2.75) is 25.1 Å². The first-order chi connectivity index (χ1) is 13.1. The summed E-state index contributed by atoms with van der Waals surface area (Å²) in [6.07, 6.45) is -3.15. The van der Waals surface area contributed by atoms with E-state index in [0.29, 0.717) is 17.5 Å². The van der Waals surface area contributed by atoms with Gasteiger partial charge in [-0.2, -0.15) is 17.8 Å². The molecule has 2 fully saturated rings. The molecule has 2 aromatic heterocycles. The van der Waals surface area contributed by atoms with Crippen LogP contribution in [0.25, 0.3) is 11.0 Å². The van der Waals surface area contributed by atoms with E-state index in [1.807, 2.05) is 0 Å². The minimum absolute atomic E-state index is 0. The summed E-state index contributed by atoms with van der Waals surface area (Å²) < 4.78 is 56.1. The van der Waals surface area contributed by atoms with Gasteiger partial charge in [0.15, 0.2) is 17.3 Å². The van der Waals surface area contributed by atoms with Gasteiger partial charge in [0.25, 0.3) is 5.56 Å². The van der Waals surface area contributed by atoms with Crippen molar-refractivity contribution in [2.24, 2.45) is 17.6 Å². The lowest BCUT2D eigenvalue weighted by Crippen LogP contribution is -2.45. The van der Waals surface area contributed by atoms with Crippen LogP contribution < -0.4 is 27.7 Å². The molecule has 2 atom stereocenters. The van der Waals surface area contributed by atoms with Crippen LogP contribution in [0.5, 0.6) is 0 Å². The second-order valence-corrected chi connectivity index (χ2v) is 7.27. The van der Waals surface area contributed by atoms with E-state index in [4.69, 9.17) is 11.6 Å². The molecule has 2 aromatic rings. The summed E-state index contributed by atoms with van der Waals surface area (Å²) in [6.45, 7) is -0.833. The number of hydrogen-bond acceptors (Lipinski definition) is 6. The Hall–Kier alpha value is -2.34. The van der Waals surface area contributed by atoms with Crippen LogP contribution in [-0.2, 0) is 0 Å². The third kappa shape index (κ3) is 3.44. The minimum atomic E-state index is -4.48. The Morgan fingerprint density at radius 2 is 1.86 bits per heavy atom. The molecule has 0 amide bonds. The van der Waals surface area contributed by atoms with E-state index in [1.165, 1.54) is 9.47 Å². The van der Waals surface area contributed by atoms with Gasteiger partial charge in [0, 0.05) is 25.0 Å². The molecule has 160 valence electrons. The number of hydrogen-bond donors (Lipinski definition) is 2. The van der Waals surface area contributed by atoms with Crippen molar-refractivity contribution in [2.75, 3.05) is 30.4 Å². The van der Waals surface area contributed by atoms with Crippen LogP contribution in [0.2, 0.25) is 0 Å². The van der Waals surface area contributed by atoms with E-state index in [1.54, 1.807) is 0 Å². The van der Waals surface area contributed by atoms with E-state index in [-0.39, 0.29) is 48.4 Å². The number of anilines is 1. The number of nitrogens with two attached hydrogens (primary N) is 2. The highest BCUT2D eigenvalue weighted by atomic mass is 35.5. The fourth-order valence-electron chi connectivity index (χ4n) is 3.77. The standard InChI is InChI=1S/C16H18F4N6O2.ClH/c17-11-3-9-12(25(8-1-2-8)15(28)26(22)14(9)27)23-13(11)24-5-7(4-21)10(6-24)16(18,19)20;/h3,7-8,10H,1-2,4-6,21-22H2;1H. The van der Waals surface area contributed by atoms with Crippen LogP contribution in [0.1, 0.15) is 18.9 Å². The highest BCUT2D eigenvalue weighted by Gasteiger charge is 2.49. The number of alkyl halides is 3. The average molecular weight is 439 g/mol. The Balaban J connectivity index is 0.00000240. The minimum Gasteiger partial charge on any atom is -0.353 e. The van der Waals surface area contributed by atoms with Crippen LogP contribution in [0.15, 0.2) is 15.7 Å². The largest absolute Gasteiger partial charge is 0.393 e. The summed E-state index contributed by atoms with van der Waals surface area (Å²) in [4.78, 5) is 29.9. The number of nitrogen functional groups attached to an aromatic ring is 1. The van der Waals surface area contributed by atoms with E-state index in [9.17, 15) is 27.2 Å². The Morgan fingerprint density at radius 1 is 1.21 bits per heavy atom. The second kappa shape index (κ2) is 7.17.